The van der Waals surface area contributed by atoms with Crippen molar-refractivity contribution in [2.24, 2.45) is 0 Å². The molecule has 2 aromatic carbocycles. The van der Waals surface area contributed by atoms with E-state index in [2.05, 4.69) is 51.2 Å². The fourth-order valence-electron chi connectivity index (χ4n) is 1.92. The number of ether oxygens (including phenoxy) is 1. The fraction of sp³-hybridized carbons (Fsp3) is 0. The van der Waals surface area contributed by atoms with Crippen molar-refractivity contribution >= 4 is 44.1 Å². The largest absolute Gasteiger partial charge is 0.456 e. The zero-order valence-electron chi connectivity index (χ0n) is 8.84. The van der Waals surface area contributed by atoms with Crippen LogP contribution in [0.5, 0.6) is 11.5 Å². The Balaban J connectivity index is 2.21. The van der Waals surface area contributed by atoms with Crippen LogP contribution in [0, 0.1) is 3.57 Å². The summed E-state index contributed by atoms with van der Waals surface area (Å²) in [4.78, 5) is 0. The highest BCUT2D eigenvalue weighted by molar-refractivity contribution is 14.1. The van der Waals surface area contributed by atoms with Crippen LogP contribution in [0.1, 0.15) is 11.1 Å². The molecule has 1 heterocycles. The van der Waals surface area contributed by atoms with E-state index in [1.807, 2.05) is 30.3 Å². The van der Waals surface area contributed by atoms with Crippen molar-refractivity contribution < 1.29 is 4.74 Å². The maximum Gasteiger partial charge on any atom is 0.135 e. The first-order valence-electron chi connectivity index (χ1n) is 5.12. The minimum atomic E-state index is 0.868. The third-order valence-electron chi connectivity index (χ3n) is 2.75. The Labute approximate surface area is 122 Å². The fourth-order valence-corrected chi connectivity index (χ4v) is 2.77. The van der Waals surface area contributed by atoms with Gasteiger partial charge in [-0.15, -0.1) is 0 Å². The third-order valence-corrected chi connectivity index (χ3v) is 3.92. The number of hydrogen-bond acceptors (Lipinski definition) is 1. The molecule has 0 N–H and O–H groups in total. The normalized spacial score (nSPS) is 12.7. The zero-order valence-corrected chi connectivity index (χ0v) is 12.6. The first-order chi connectivity index (χ1) is 8.15. The molecule has 0 saturated carbocycles. The molecule has 0 radical (unpaired) electrons. The Morgan fingerprint density at radius 2 is 1.65 bits per heavy atom. The molecule has 0 aliphatic carbocycles. The van der Waals surface area contributed by atoms with Gasteiger partial charge in [0.2, 0.25) is 0 Å². The van der Waals surface area contributed by atoms with Gasteiger partial charge in [0.25, 0.3) is 0 Å². The molecule has 0 amide bonds. The molecular formula is C14H8BrIO. The van der Waals surface area contributed by atoms with E-state index in [-0.39, 0.29) is 0 Å². The van der Waals surface area contributed by atoms with Gasteiger partial charge in [0.05, 0.1) is 0 Å². The van der Waals surface area contributed by atoms with Gasteiger partial charge in [-0.05, 0) is 64.6 Å². The average Bonchev–Trinajstić information content (AvgIpc) is 2.32. The second kappa shape index (κ2) is 4.14. The lowest BCUT2D eigenvalue weighted by Gasteiger charge is -2.22. The van der Waals surface area contributed by atoms with Gasteiger partial charge in [-0.3, -0.25) is 0 Å². The molecular weight excluding hydrogens is 391 g/mol. The van der Waals surface area contributed by atoms with E-state index in [0.29, 0.717) is 0 Å². The molecule has 0 fully saturated rings. The van der Waals surface area contributed by atoms with Crippen LogP contribution in [0.4, 0.5) is 0 Å². The number of benzene rings is 2. The SMILES string of the molecule is C=C1c2cc(Br)ccc2Oc2ccc(I)cc21. The Morgan fingerprint density at radius 1 is 1.00 bits per heavy atom. The van der Waals surface area contributed by atoms with Crippen LogP contribution in [-0.4, -0.2) is 0 Å². The molecule has 0 bridgehead atoms. The molecule has 1 aliphatic rings. The second-order valence-corrected chi connectivity index (χ2v) is 6.02. The molecule has 2 aromatic rings. The molecule has 1 aliphatic heterocycles. The summed E-state index contributed by atoms with van der Waals surface area (Å²) in [5.74, 6) is 1.75. The van der Waals surface area contributed by atoms with Gasteiger partial charge >= 0.3 is 0 Å². The van der Waals surface area contributed by atoms with Gasteiger partial charge in [-0.25, -0.2) is 0 Å². The van der Waals surface area contributed by atoms with Crippen molar-refractivity contribution in [1.29, 1.82) is 0 Å². The summed E-state index contributed by atoms with van der Waals surface area (Å²) in [5, 5.41) is 0. The van der Waals surface area contributed by atoms with Crippen LogP contribution >= 0.6 is 38.5 Å². The molecule has 3 rings (SSSR count). The van der Waals surface area contributed by atoms with Crippen LogP contribution in [0.2, 0.25) is 0 Å². The van der Waals surface area contributed by atoms with E-state index < -0.39 is 0 Å². The van der Waals surface area contributed by atoms with Crippen LogP contribution in [0.3, 0.4) is 0 Å². The summed E-state index contributed by atoms with van der Waals surface area (Å²) >= 11 is 5.77. The van der Waals surface area contributed by atoms with Gasteiger partial charge in [-0.1, -0.05) is 22.5 Å². The molecule has 0 saturated heterocycles. The lowest BCUT2D eigenvalue weighted by Crippen LogP contribution is -2.01. The molecule has 3 heteroatoms. The van der Waals surface area contributed by atoms with Crippen LogP contribution < -0.4 is 4.74 Å². The van der Waals surface area contributed by atoms with Crippen LogP contribution in [-0.2, 0) is 0 Å². The number of rotatable bonds is 0. The molecule has 1 nitrogen and oxygen atoms in total. The Kier molecular flexibility index (Phi) is 2.75. The highest BCUT2D eigenvalue weighted by Gasteiger charge is 2.20. The predicted octanol–water partition coefficient (Wildman–Crippen LogP) is 5.22. The number of halogens is 2. The van der Waals surface area contributed by atoms with E-state index in [4.69, 9.17) is 4.74 Å². The second-order valence-electron chi connectivity index (χ2n) is 3.86. The summed E-state index contributed by atoms with van der Waals surface area (Å²) < 4.78 is 8.09. The van der Waals surface area contributed by atoms with Crippen molar-refractivity contribution in [3.8, 4) is 11.5 Å². The molecule has 0 atom stereocenters. The van der Waals surface area contributed by atoms with Crippen molar-refractivity contribution in [3.05, 3.63) is 62.1 Å². The van der Waals surface area contributed by atoms with Gasteiger partial charge in [0.15, 0.2) is 0 Å². The maximum atomic E-state index is 5.87. The number of fused-ring (bicyclic) bond motifs is 2. The summed E-state index contributed by atoms with van der Waals surface area (Å²) in [6, 6.07) is 12.1. The first kappa shape index (κ1) is 11.3. The van der Waals surface area contributed by atoms with Crippen molar-refractivity contribution in [1.82, 2.24) is 0 Å². The Bertz CT molecular complexity index is 581. The monoisotopic (exact) mass is 398 g/mol. The Morgan fingerprint density at radius 3 is 2.41 bits per heavy atom. The van der Waals surface area contributed by atoms with E-state index in [1.54, 1.807) is 0 Å². The first-order valence-corrected chi connectivity index (χ1v) is 6.99. The van der Waals surface area contributed by atoms with E-state index in [0.717, 1.165) is 32.7 Å². The van der Waals surface area contributed by atoms with Crippen LogP contribution in [0.15, 0.2) is 47.4 Å². The van der Waals surface area contributed by atoms with Gasteiger partial charge in [0.1, 0.15) is 11.5 Å². The van der Waals surface area contributed by atoms with Crippen molar-refractivity contribution in [3.63, 3.8) is 0 Å². The summed E-state index contributed by atoms with van der Waals surface area (Å²) in [6.07, 6.45) is 0. The molecule has 0 unspecified atom stereocenters. The third kappa shape index (κ3) is 1.91. The molecule has 84 valence electrons. The predicted molar refractivity (Wildman–Crippen MR) is 81.5 cm³/mol. The van der Waals surface area contributed by atoms with E-state index in [1.165, 1.54) is 3.57 Å². The Hall–Kier alpha value is -0.810. The van der Waals surface area contributed by atoms with Crippen molar-refractivity contribution in [2.75, 3.05) is 0 Å². The van der Waals surface area contributed by atoms with E-state index in [9.17, 15) is 0 Å². The lowest BCUT2D eigenvalue weighted by atomic mass is 9.96. The summed E-state index contributed by atoms with van der Waals surface area (Å²) in [5.41, 5.74) is 3.14. The minimum Gasteiger partial charge on any atom is -0.456 e. The standard InChI is InChI=1S/C14H8BrIO/c1-8-11-6-9(15)2-4-13(11)17-14-5-3-10(16)7-12(8)14/h2-7H,1H2. The quantitative estimate of drug-likeness (QED) is 0.471. The highest BCUT2D eigenvalue weighted by Crippen LogP contribution is 2.43. The maximum absolute atomic E-state index is 5.87. The lowest BCUT2D eigenvalue weighted by molar-refractivity contribution is 0.474. The van der Waals surface area contributed by atoms with Crippen molar-refractivity contribution in [2.45, 2.75) is 0 Å². The van der Waals surface area contributed by atoms with Gasteiger partial charge < -0.3 is 4.74 Å². The van der Waals surface area contributed by atoms with E-state index >= 15 is 0 Å². The van der Waals surface area contributed by atoms with Gasteiger partial charge in [-0.2, -0.15) is 0 Å². The minimum absolute atomic E-state index is 0.868. The average molecular weight is 399 g/mol. The number of hydrogen-bond donors (Lipinski definition) is 0. The zero-order chi connectivity index (χ0) is 12.0. The van der Waals surface area contributed by atoms with Crippen LogP contribution in [0.25, 0.3) is 5.57 Å². The highest BCUT2D eigenvalue weighted by atomic mass is 127. The molecule has 17 heavy (non-hydrogen) atoms. The summed E-state index contributed by atoms with van der Waals surface area (Å²) in [7, 11) is 0. The summed E-state index contributed by atoms with van der Waals surface area (Å²) in [6.45, 7) is 4.17. The van der Waals surface area contributed by atoms with Gasteiger partial charge in [0, 0.05) is 19.2 Å². The topological polar surface area (TPSA) is 9.23 Å². The molecule has 0 spiro atoms. The molecule has 0 aromatic heterocycles. The smallest absolute Gasteiger partial charge is 0.135 e.